The average Bonchev–Trinajstić information content (AvgIpc) is 3.15. The Morgan fingerprint density at radius 2 is 0.925 bits per heavy atom. The van der Waals surface area contributed by atoms with Crippen LogP contribution in [0.4, 0.5) is 28.6 Å². The van der Waals surface area contributed by atoms with Crippen molar-refractivity contribution < 1.29 is 26.2 Å². The molecule has 0 fully saturated rings. The highest BCUT2D eigenvalue weighted by molar-refractivity contribution is 6.67. The molecule has 4 aliphatic rings. The number of fused-ring (bicyclic) bond motifs is 2. The molecule has 4 nitrogen and oxygen atoms in total. The van der Waals surface area contributed by atoms with E-state index in [1.807, 2.05) is 0 Å². The number of anilines is 2. The van der Waals surface area contributed by atoms with Crippen molar-refractivity contribution in [2.75, 3.05) is 22.7 Å². The minimum atomic E-state index is -4.12. The topological polar surface area (TPSA) is 12.5 Å². The second-order valence-electron chi connectivity index (χ2n) is 10.0. The summed E-state index contributed by atoms with van der Waals surface area (Å²) in [6.07, 6.45) is 18.0. The van der Waals surface area contributed by atoms with Gasteiger partial charge >= 0.3 is 13.9 Å². The molecule has 0 radical (unpaired) electrons. The van der Waals surface area contributed by atoms with Crippen molar-refractivity contribution in [1.29, 1.82) is 0 Å². The summed E-state index contributed by atoms with van der Waals surface area (Å²) < 4.78 is 66.2. The Morgan fingerprint density at radius 1 is 0.525 bits per heavy atom. The molecule has 0 aromatic heterocycles. The van der Waals surface area contributed by atoms with Gasteiger partial charge in [-0.05, 0) is 36.4 Å². The summed E-state index contributed by atoms with van der Waals surface area (Å²) in [6, 6.07) is 17.2. The van der Waals surface area contributed by atoms with Crippen molar-refractivity contribution in [3.05, 3.63) is 133 Å². The van der Waals surface area contributed by atoms with Gasteiger partial charge in [0, 0.05) is 36.4 Å². The van der Waals surface area contributed by atoms with Crippen LogP contribution in [0, 0.1) is 0 Å². The van der Waals surface area contributed by atoms with E-state index >= 15 is 17.3 Å². The third kappa shape index (κ3) is 4.37. The maximum atomic E-state index is 16.0. The molecule has 10 heteroatoms. The molecule has 6 rings (SSSR count). The molecule has 2 aromatic carbocycles. The Morgan fingerprint density at radius 3 is 1.32 bits per heavy atom. The zero-order chi connectivity index (χ0) is 27.7. The molecule has 0 saturated heterocycles. The van der Waals surface area contributed by atoms with Gasteiger partial charge in [0.15, 0.2) is 11.4 Å². The van der Waals surface area contributed by atoms with E-state index in [2.05, 4.69) is 0 Å². The third-order valence-electron chi connectivity index (χ3n) is 7.61. The molecule has 0 atom stereocenters. The van der Waals surface area contributed by atoms with Crippen molar-refractivity contribution in [1.82, 2.24) is 0 Å². The quantitative estimate of drug-likeness (QED) is 0.226. The Balaban J connectivity index is 1.25. The molecule has 0 unspecified atom stereocenters. The number of halogens is 4. The van der Waals surface area contributed by atoms with Gasteiger partial charge in [0.1, 0.15) is 0 Å². The van der Waals surface area contributed by atoms with Crippen LogP contribution in [0.2, 0.25) is 0 Å². The summed E-state index contributed by atoms with van der Waals surface area (Å²) in [5, 5.41) is 0. The molecule has 2 aliphatic carbocycles. The highest BCUT2D eigenvalue weighted by Gasteiger charge is 2.58. The Hall–Kier alpha value is -4.33. The summed E-state index contributed by atoms with van der Waals surface area (Å²) in [6.45, 7) is -8.17. The highest BCUT2D eigenvalue weighted by Crippen LogP contribution is 2.37. The van der Waals surface area contributed by atoms with Gasteiger partial charge in [-0.15, -0.1) is 0 Å². The standard InChI is InChI=1S/C30H28B2F4N4/c33-31(34)37(27-19-9-3-11-21-29(27)39(31)25-15-5-1-6-16-25)23-13-14-24-38-28-20-10-4-12-22-30(28)40(32(38,35)36)26-17-7-2-8-18-26/h1-12,15-22H,13-14,23-24H2. The first-order valence-corrected chi connectivity index (χ1v) is 13.5. The average molecular weight is 542 g/mol. The number of allylic oxidation sites excluding steroid dienone is 10. The predicted molar refractivity (Wildman–Crippen MR) is 156 cm³/mol. The molecular formula is C30H28B2F4N4. The van der Waals surface area contributed by atoms with Crippen molar-refractivity contribution in [2.24, 2.45) is 0 Å². The van der Waals surface area contributed by atoms with Gasteiger partial charge in [0.25, 0.3) is 0 Å². The van der Waals surface area contributed by atoms with Crippen molar-refractivity contribution in [3.63, 3.8) is 0 Å². The largest absolute Gasteiger partial charge is 0.732 e. The third-order valence-corrected chi connectivity index (χ3v) is 7.61. The number of para-hydroxylation sites is 2. The molecule has 202 valence electrons. The first kappa shape index (κ1) is 25.9. The number of unbranched alkanes of at least 4 members (excludes halogenated alkanes) is 1. The zero-order valence-corrected chi connectivity index (χ0v) is 21.8. The smallest absolute Gasteiger partial charge is 0.390 e. The fourth-order valence-corrected chi connectivity index (χ4v) is 5.83. The Labute approximate surface area is 231 Å². The number of benzene rings is 2. The summed E-state index contributed by atoms with van der Waals surface area (Å²) in [7, 11) is 0. The zero-order valence-electron chi connectivity index (χ0n) is 21.8. The van der Waals surface area contributed by atoms with Gasteiger partial charge in [-0.1, -0.05) is 72.9 Å². The molecule has 2 aliphatic heterocycles. The lowest BCUT2D eigenvalue weighted by Gasteiger charge is -2.30. The van der Waals surface area contributed by atoms with Crippen LogP contribution in [-0.2, 0) is 0 Å². The van der Waals surface area contributed by atoms with E-state index < -0.39 is 13.9 Å². The number of rotatable bonds is 7. The Kier molecular flexibility index (Phi) is 6.70. The number of hydrogen-bond donors (Lipinski definition) is 0. The molecule has 2 aromatic rings. The van der Waals surface area contributed by atoms with Crippen molar-refractivity contribution in [3.8, 4) is 0 Å². The van der Waals surface area contributed by atoms with E-state index in [0.29, 0.717) is 47.0 Å². The molecule has 0 spiro atoms. The lowest BCUT2D eigenvalue weighted by molar-refractivity contribution is -0.431. The molecular weight excluding hydrogens is 514 g/mol. The molecule has 40 heavy (non-hydrogen) atoms. The number of hydrogen-bond acceptors (Lipinski definition) is 2. The van der Waals surface area contributed by atoms with Crippen molar-refractivity contribution >= 4 is 36.7 Å². The minimum Gasteiger partial charge on any atom is -0.390 e. The monoisotopic (exact) mass is 542 g/mol. The van der Waals surface area contributed by atoms with Crippen LogP contribution < -0.4 is 9.62 Å². The molecule has 0 saturated carbocycles. The summed E-state index contributed by atoms with van der Waals surface area (Å²) in [5.74, 6) is 0. The van der Waals surface area contributed by atoms with Gasteiger partial charge in [-0.25, -0.2) is 0 Å². The van der Waals surface area contributed by atoms with Crippen LogP contribution in [0.3, 0.4) is 0 Å². The highest BCUT2D eigenvalue weighted by atomic mass is 19.3. The van der Waals surface area contributed by atoms with Crippen LogP contribution in [0.25, 0.3) is 0 Å². The predicted octanol–water partition coefficient (Wildman–Crippen LogP) is 6.48. The second-order valence-corrected chi connectivity index (χ2v) is 10.0. The van der Waals surface area contributed by atoms with Gasteiger partial charge in [0.2, 0.25) is 0 Å². The fourth-order valence-electron chi connectivity index (χ4n) is 5.83. The maximum absolute atomic E-state index is 16.0. The van der Waals surface area contributed by atoms with Crippen LogP contribution >= 0.6 is 0 Å². The van der Waals surface area contributed by atoms with E-state index in [0.717, 1.165) is 18.6 Å². The summed E-state index contributed by atoms with van der Waals surface area (Å²) >= 11 is 0. The second kappa shape index (κ2) is 10.3. The number of nitrogens with zero attached hydrogens (tertiary/aromatic N) is 4. The first-order chi connectivity index (χ1) is 19.4. The van der Waals surface area contributed by atoms with Crippen LogP contribution in [0.1, 0.15) is 12.8 Å². The normalized spacial score (nSPS) is 20.4. The Bertz CT molecular complexity index is 1440. The SMILES string of the molecule is F[B-]1(F)N(c2ccccc2)C2=CC=CC=CC2=[N+]1CCCC[N+]1=C2C=CC=CC=C2N(c2ccccc2)[B-]1(F)F. The minimum absolute atomic E-state index is 0.0393. The van der Waals surface area contributed by atoms with Crippen LogP contribution in [0.5, 0.6) is 0 Å². The van der Waals surface area contributed by atoms with Gasteiger partial charge < -0.3 is 35.9 Å². The summed E-state index contributed by atoms with van der Waals surface area (Å²) in [5.41, 5.74) is 2.54. The maximum Gasteiger partial charge on any atom is 0.732 e. The van der Waals surface area contributed by atoms with E-state index in [4.69, 9.17) is 0 Å². The van der Waals surface area contributed by atoms with Crippen molar-refractivity contribution in [2.45, 2.75) is 12.8 Å². The van der Waals surface area contributed by atoms with E-state index in [9.17, 15) is 0 Å². The lowest BCUT2D eigenvalue weighted by atomic mass is 9.92. The first-order valence-electron chi connectivity index (χ1n) is 13.5. The van der Waals surface area contributed by atoms with Gasteiger partial charge in [0.05, 0.1) is 24.5 Å². The van der Waals surface area contributed by atoms with Crippen LogP contribution in [-0.4, -0.2) is 47.4 Å². The molecule has 0 amide bonds. The van der Waals surface area contributed by atoms with E-state index in [1.165, 1.54) is 0 Å². The molecule has 0 N–H and O–H groups in total. The van der Waals surface area contributed by atoms with Crippen LogP contribution in [0.15, 0.2) is 133 Å². The van der Waals surface area contributed by atoms with Gasteiger partial charge in [-0.2, -0.15) is 0 Å². The molecule has 2 heterocycles. The van der Waals surface area contributed by atoms with Gasteiger partial charge in [-0.3, -0.25) is 0 Å². The summed E-state index contributed by atoms with van der Waals surface area (Å²) in [4.78, 5) is 2.20. The van der Waals surface area contributed by atoms with E-state index in [1.54, 1.807) is 121 Å². The van der Waals surface area contributed by atoms with E-state index in [-0.39, 0.29) is 13.1 Å². The molecule has 0 bridgehead atoms. The lowest BCUT2D eigenvalue weighted by Crippen LogP contribution is -2.51. The fraction of sp³-hybridized carbons (Fsp3) is 0.133.